The Balaban J connectivity index is 2.19. The molecule has 0 radical (unpaired) electrons. The van der Waals surface area contributed by atoms with Crippen LogP contribution in [0, 0.1) is 5.92 Å². The van der Waals surface area contributed by atoms with Gasteiger partial charge in [0.25, 0.3) is 0 Å². The van der Waals surface area contributed by atoms with Crippen LogP contribution in [0.15, 0.2) is 10.7 Å². The smallest absolute Gasteiger partial charge is 0.239 e. The Morgan fingerprint density at radius 1 is 1.63 bits per heavy atom. The number of carbonyl (C=O) groups excluding carboxylic acids is 1. The molecule has 0 spiro atoms. The van der Waals surface area contributed by atoms with E-state index in [0.717, 1.165) is 29.7 Å². The Labute approximate surface area is 120 Å². The van der Waals surface area contributed by atoms with E-state index in [9.17, 15) is 4.79 Å². The molecule has 104 valence electrons. The fraction of sp³-hybridized carbons (Fsp3) is 0.545. The summed E-state index contributed by atoms with van der Waals surface area (Å²) in [6, 6.07) is 0. The van der Waals surface area contributed by atoms with Crippen LogP contribution in [0.5, 0.6) is 0 Å². The zero-order valence-corrected chi connectivity index (χ0v) is 12.3. The molecule has 1 unspecified atom stereocenters. The van der Waals surface area contributed by atoms with Crippen molar-refractivity contribution < 1.29 is 4.79 Å². The summed E-state index contributed by atoms with van der Waals surface area (Å²) in [5.74, 6) is 6.52. The molecular formula is C11H17BrN6O. The van der Waals surface area contributed by atoms with Gasteiger partial charge in [-0.05, 0) is 28.8 Å². The lowest BCUT2D eigenvalue weighted by Gasteiger charge is -2.33. The predicted molar refractivity (Wildman–Crippen MR) is 76.5 cm³/mol. The number of nitrogens with two attached hydrogens (primary N) is 1. The summed E-state index contributed by atoms with van der Waals surface area (Å²) < 4.78 is 0.795. The fourth-order valence-corrected chi connectivity index (χ4v) is 2.68. The number of amides is 1. The zero-order valence-electron chi connectivity index (χ0n) is 10.7. The van der Waals surface area contributed by atoms with E-state index in [0.29, 0.717) is 12.5 Å². The fourth-order valence-electron chi connectivity index (χ4n) is 2.24. The number of hydrazine groups is 1. The van der Waals surface area contributed by atoms with Crippen molar-refractivity contribution in [3.8, 4) is 0 Å². The van der Waals surface area contributed by atoms with Crippen molar-refractivity contribution >= 4 is 33.6 Å². The number of nitrogens with one attached hydrogen (secondary N) is 2. The SMILES string of the molecule is CNC(=O)C1CCCN(c2nc(NN)ncc2Br)C1. The quantitative estimate of drug-likeness (QED) is 0.552. The monoisotopic (exact) mass is 328 g/mol. The highest BCUT2D eigenvalue weighted by Gasteiger charge is 2.27. The molecule has 19 heavy (non-hydrogen) atoms. The van der Waals surface area contributed by atoms with Gasteiger partial charge in [-0.3, -0.25) is 10.2 Å². The van der Waals surface area contributed by atoms with E-state index in [1.54, 1.807) is 13.2 Å². The number of aromatic nitrogens is 2. The number of hydrogen-bond acceptors (Lipinski definition) is 6. The van der Waals surface area contributed by atoms with Crippen LogP contribution in [0.1, 0.15) is 12.8 Å². The Hall–Kier alpha value is -1.41. The third kappa shape index (κ3) is 3.13. The summed E-state index contributed by atoms with van der Waals surface area (Å²) >= 11 is 3.43. The lowest BCUT2D eigenvalue weighted by Crippen LogP contribution is -2.42. The van der Waals surface area contributed by atoms with Crippen LogP contribution in [0.2, 0.25) is 0 Å². The van der Waals surface area contributed by atoms with Gasteiger partial charge in [0.05, 0.1) is 10.4 Å². The van der Waals surface area contributed by atoms with Crippen molar-refractivity contribution in [2.24, 2.45) is 11.8 Å². The number of nitrogen functional groups attached to an aromatic ring is 1. The molecule has 4 N–H and O–H groups in total. The summed E-state index contributed by atoms with van der Waals surface area (Å²) in [4.78, 5) is 22.2. The second-order valence-electron chi connectivity index (χ2n) is 4.41. The number of anilines is 2. The van der Waals surface area contributed by atoms with Gasteiger partial charge in [0.2, 0.25) is 11.9 Å². The molecule has 0 aromatic carbocycles. The summed E-state index contributed by atoms with van der Waals surface area (Å²) in [6.07, 6.45) is 3.52. The molecule has 1 saturated heterocycles. The van der Waals surface area contributed by atoms with Crippen LogP contribution < -0.4 is 21.5 Å². The van der Waals surface area contributed by atoms with Crippen LogP contribution in [-0.2, 0) is 4.79 Å². The topological polar surface area (TPSA) is 96.2 Å². The third-order valence-electron chi connectivity index (χ3n) is 3.19. The summed E-state index contributed by atoms with van der Waals surface area (Å²) in [5, 5.41) is 2.70. The Morgan fingerprint density at radius 3 is 3.11 bits per heavy atom. The molecule has 1 aliphatic rings. The van der Waals surface area contributed by atoms with Gasteiger partial charge < -0.3 is 10.2 Å². The normalized spacial score (nSPS) is 19.1. The number of carbonyl (C=O) groups is 1. The van der Waals surface area contributed by atoms with Crippen molar-refractivity contribution in [2.45, 2.75) is 12.8 Å². The molecular weight excluding hydrogens is 312 g/mol. The Kier molecular flexibility index (Phi) is 4.54. The van der Waals surface area contributed by atoms with Crippen LogP contribution in [0.3, 0.4) is 0 Å². The maximum Gasteiger partial charge on any atom is 0.239 e. The highest BCUT2D eigenvalue weighted by atomic mass is 79.9. The maximum absolute atomic E-state index is 11.7. The van der Waals surface area contributed by atoms with Crippen molar-refractivity contribution in [1.29, 1.82) is 0 Å². The second-order valence-corrected chi connectivity index (χ2v) is 5.26. The van der Waals surface area contributed by atoms with Gasteiger partial charge >= 0.3 is 0 Å². The van der Waals surface area contributed by atoms with Gasteiger partial charge in [-0.2, -0.15) is 4.98 Å². The van der Waals surface area contributed by atoms with E-state index >= 15 is 0 Å². The van der Waals surface area contributed by atoms with Gasteiger partial charge in [-0.25, -0.2) is 10.8 Å². The van der Waals surface area contributed by atoms with E-state index in [2.05, 4.69) is 41.5 Å². The first kappa shape index (κ1) is 14.0. The summed E-state index contributed by atoms with van der Waals surface area (Å²) in [6.45, 7) is 1.52. The Morgan fingerprint density at radius 2 is 2.42 bits per heavy atom. The molecule has 7 nitrogen and oxygen atoms in total. The largest absolute Gasteiger partial charge is 0.359 e. The molecule has 2 rings (SSSR count). The molecule has 1 aromatic rings. The van der Waals surface area contributed by atoms with E-state index < -0.39 is 0 Å². The summed E-state index contributed by atoms with van der Waals surface area (Å²) in [7, 11) is 1.67. The Bertz CT molecular complexity index is 468. The van der Waals surface area contributed by atoms with E-state index in [1.165, 1.54) is 0 Å². The molecule has 0 saturated carbocycles. The van der Waals surface area contributed by atoms with Crippen LogP contribution in [0.4, 0.5) is 11.8 Å². The minimum atomic E-state index is -0.00472. The van der Waals surface area contributed by atoms with Crippen LogP contribution in [-0.4, -0.2) is 36.0 Å². The lowest BCUT2D eigenvalue weighted by atomic mass is 9.97. The molecule has 8 heteroatoms. The number of nitrogens with zero attached hydrogens (tertiary/aromatic N) is 3. The van der Waals surface area contributed by atoms with Gasteiger partial charge in [0.1, 0.15) is 5.82 Å². The van der Waals surface area contributed by atoms with Gasteiger partial charge in [-0.1, -0.05) is 0 Å². The molecule has 0 bridgehead atoms. The molecule has 1 amide bonds. The van der Waals surface area contributed by atoms with E-state index in [4.69, 9.17) is 5.84 Å². The molecule has 1 fully saturated rings. The highest BCUT2D eigenvalue weighted by molar-refractivity contribution is 9.10. The molecule has 0 aliphatic carbocycles. The predicted octanol–water partition coefficient (Wildman–Crippen LogP) is 0.487. The standard InChI is InChI=1S/C11H17BrN6O/c1-14-10(19)7-3-2-4-18(6-7)9-8(12)5-15-11(16-9)17-13/h5,7H,2-4,6,13H2,1H3,(H,14,19)(H,15,16,17). The van der Waals surface area contributed by atoms with Crippen LogP contribution >= 0.6 is 15.9 Å². The van der Waals surface area contributed by atoms with Crippen molar-refractivity contribution in [2.75, 3.05) is 30.5 Å². The number of piperidine rings is 1. The van der Waals surface area contributed by atoms with Crippen molar-refractivity contribution in [1.82, 2.24) is 15.3 Å². The lowest BCUT2D eigenvalue weighted by molar-refractivity contribution is -0.124. The van der Waals surface area contributed by atoms with E-state index in [-0.39, 0.29) is 11.8 Å². The molecule has 2 heterocycles. The number of rotatable bonds is 3. The second kappa shape index (κ2) is 6.16. The number of halogens is 1. The van der Waals surface area contributed by atoms with Crippen LogP contribution in [0.25, 0.3) is 0 Å². The minimum absolute atomic E-state index is 0.00472. The first-order valence-corrected chi connectivity index (χ1v) is 6.90. The highest BCUT2D eigenvalue weighted by Crippen LogP contribution is 2.28. The average Bonchev–Trinajstić information content (AvgIpc) is 2.47. The van der Waals surface area contributed by atoms with Gasteiger partial charge in [-0.15, -0.1) is 0 Å². The first-order chi connectivity index (χ1) is 9.15. The number of hydrogen-bond donors (Lipinski definition) is 3. The minimum Gasteiger partial charge on any atom is -0.359 e. The van der Waals surface area contributed by atoms with Gasteiger partial charge in [0, 0.05) is 26.3 Å². The molecule has 1 aliphatic heterocycles. The summed E-state index contributed by atoms with van der Waals surface area (Å²) in [5.41, 5.74) is 2.43. The average molecular weight is 329 g/mol. The maximum atomic E-state index is 11.7. The van der Waals surface area contributed by atoms with Crippen molar-refractivity contribution in [3.63, 3.8) is 0 Å². The van der Waals surface area contributed by atoms with Gasteiger partial charge in [0.15, 0.2) is 0 Å². The zero-order chi connectivity index (χ0) is 13.8. The van der Waals surface area contributed by atoms with E-state index in [1.807, 2.05) is 0 Å². The molecule has 1 atom stereocenters. The third-order valence-corrected chi connectivity index (χ3v) is 3.75. The molecule has 1 aromatic heterocycles. The first-order valence-electron chi connectivity index (χ1n) is 6.11. The van der Waals surface area contributed by atoms with Crippen molar-refractivity contribution in [3.05, 3.63) is 10.7 Å².